The van der Waals surface area contributed by atoms with Crippen molar-refractivity contribution in [1.29, 1.82) is 0 Å². The molecule has 0 aliphatic heterocycles. The minimum Gasteiger partial charge on any atom is -0.492 e. The maximum Gasteiger partial charge on any atom is 0.198 e. The molecule has 0 heterocycles. The summed E-state index contributed by atoms with van der Waals surface area (Å²) in [5.74, 6) is -0.348. The van der Waals surface area contributed by atoms with Crippen LogP contribution in [0.5, 0.6) is 11.5 Å². The van der Waals surface area contributed by atoms with Crippen LogP contribution in [0.2, 0.25) is 5.02 Å². The second-order valence-electron chi connectivity index (χ2n) is 2.92. The summed E-state index contributed by atoms with van der Waals surface area (Å²) in [5, 5.41) is -0.0226. The van der Waals surface area contributed by atoms with E-state index in [2.05, 4.69) is 5.48 Å². The van der Waals surface area contributed by atoms with E-state index in [1.54, 1.807) is 0 Å². The third-order valence-corrected chi connectivity index (χ3v) is 2.30. The van der Waals surface area contributed by atoms with Crippen molar-refractivity contribution in [3.8, 4) is 11.5 Å². The lowest BCUT2D eigenvalue weighted by Gasteiger charge is -2.14. The largest absolute Gasteiger partial charge is 0.492 e. The molecule has 0 atom stereocenters. The van der Waals surface area contributed by atoms with Crippen LogP contribution in [0, 0.1) is 5.82 Å². The fraction of sp³-hybridized carbons (Fsp3) is 0.400. The highest BCUT2D eigenvalue weighted by Gasteiger charge is 2.18. The topological polar surface area (TPSA) is 39.7 Å². The number of ether oxygens (including phenoxy) is 2. The van der Waals surface area contributed by atoms with Crippen molar-refractivity contribution < 1.29 is 18.7 Å². The number of halogens is 2. The minimum atomic E-state index is -0.637. The molecule has 0 aliphatic rings. The summed E-state index contributed by atoms with van der Waals surface area (Å²) in [5.41, 5.74) is 3.27. The summed E-state index contributed by atoms with van der Waals surface area (Å²) in [6.07, 6.45) is 0. The average molecular weight is 250 g/mol. The number of hydrogen-bond acceptors (Lipinski definition) is 4. The van der Waals surface area contributed by atoms with Crippen molar-refractivity contribution in [3.63, 3.8) is 0 Å². The molecule has 1 aromatic carbocycles. The van der Waals surface area contributed by atoms with E-state index >= 15 is 0 Å². The SMILES string of the molecule is CONCc1cc(Cl)c(F)c(OC)c1OC. The lowest BCUT2D eigenvalue weighted by atomic mass is 10.1. The molecule has 1 aromatic rings. The molecule has 0 spiro atoms. The predicted octanol–water partition coefficient (Wildman–Crippen LogP) is 2.15. The monoisotopic (exact) mass is 249 g/mol. The molecule has 4 nitrogen and oxygen atoms in total. The van der Waals surface area contributed by atoms with Crippen molar-refractivity contribution >= 4 is 11.6 Å². The number of benzene rings is 1. The van der Waals surface area contributed by atoms with Gasteiger partial charge < -0.3 is 14.3 Å². The van der Waals surface area contributed by atoms with E-state index in [0.29, 0.717) is 17.9 Å². The predicted molar refractivity (Wildman–Crippen MR) is 58.4 cm³/mol. The van der Waals surface area contributed by atoms with Crippen LogP contribution in [0.4, 0.5) is 4.39 Å². The summed E-state index contributed by atoms with van der Waals surface area (Å²) < 4.78 is 23.6. The van der Waals surface area contributed by atoms with Gasteiger partial charge in [-0.1, -0.05) is 11.6 Å². The van der Waals surface area contributed by atoms with Crippen molar-refractivity contribution in [2.75, 3.05) is 21.3 Å². The Morgan fingerprint density at radius 3 is 2.38 bits per heavy atom. The molecule has 0 aliphatic carbocycles. The Morgan fingerprint density at radius 2 is 1.88 bits per heavy atom. The van der Waals surface area contributed by atoms with Gasteiger partial charge in [0.1, 0.15) is 0 Å². The Kier molecular flexibility index (Phi) is 4.79. The minimum absolute atomic E-state index is 0.0112. The zero-order chi connectivity index (χ0) is 12.1. The van der Waals surface area contributed by atoms with E-state index in [4.69, 9.17) is 25.9 Å². The van der Waals surface area contributed by atoms with Gasteiger partial charge in [0, 0.05) is 12.1 Å². The molecule has 0 fully saturated rings. The van der Waals surface area contributed by atoms with E-state index in [0.717, 1.165) is 0 Å². The maximum absolute atomic E-state index is 13.6. The molecule has 0 bridgehead atoms. The quantitative estimate of drug-likeness (QED) is 0.812. The van der Waals surface area contributed by atoms with Gasteiger partial charge in [-0.3, -0.25) is 0 Å². The Hall–Kier alpha value is -1.04. The van der Waals surface area contributed by atoms with E-state index in [-0.39, 0.29) is 10.8 Å². The molecule has 0 radical (unpaired) electrons. The van der Waals surface area contributed by atoms with E-state index in [1.165, 1.54) is 27.4 Å². The van der Waals surface area contributed by atoms with Crippen molar-refractivity contribution in [2.24, 2.45) is 0 Å². The van der Waals surface area contributed by atoms with Gasteiger partial charge >= 0.3 is 0 Å². The summed E-state index contributed by atoms with van der Waals surface area (Å²) in [7, 11) is 4.27. The standard InChI is InChI=1S/C10H13ClFNO3/c1-14-9-6(5-13-16-3)4-7(11)8(12)10(9)15-2/h4,13H,5H2,1-3H3. The third kappa shape index (κ3) is 2.55. The number of methoxy groups -OCH3 is 2. The van der Waals surface area contributed by atoms with Crippen molar-refractivity contribution in [2.45, 2.75) is 6.54 Å². The molecule has 6 heteroatoms. The fourth-order valence-electron chi connectivity index (χ4n) is 1.32. The average Bonchev–Trinajstić information content (AvgIpc) is 2.29. The van der Waals surface area contributed by atoms with Crippen LogP contribution < -0.4 is 15.0 Å². The van der Waals surface area contributed by atoms with Crippen LogP contribution >= 0.6 is 11.6 Å². The Bertz CT molecular complexity index is 374. The van der Waals surface area contributed by atoms with Gasteiger partial charge in [-0.05, 0) is 6.07 Å². The van der Waals surface area contributed by atoms with Crippen LogP contribution in [0.15, 0.2) is 6.07 Å². The zero-order valence-corrected chi connectivity index (χ0v) is 10.0. The van der Waals surface area contributed by atoms with E-state index < -0.39 is 5.82 Å². The molecular formula is C10H13ClFNO3. The second kappa shape index (κ2) is 5.89. The molecule has 1 rings (SSSR count). The molecular weight excluding hydrogens is 237 g/mol. The summed E-state index contributed by atoms with van der Waals surface area (Å²) >= 11 is 5.73. The first kappa shape index (κ1) is 13.0. The smallest absolute Gasteiger partial charge is 0.198 e. The van der Waals surface area contributed by atoms with E-state index in [9.17, 15) is 4.39 Å². The van der Waals surface area contributed by atoms with Gasteiger partial charge in [-0.15, -0.1) is 0 Å². The van der Waals surface area contributed by atoms with Crippen LogP contribution in [0.1, 0.15) is 5.56 Å². The molecule has 90 valence electrons. The molecule has 16 heavy (non-hydrogen) atoms. The molecule has 0 unspecified atom stereocenters. The second-order valence-corrected chi connectivity index (χ2v) is 3.33. The van der Waals surface area contributed by atoms with Crippen molar-refractivity contribution in [3.05, 3.63) is 22.5 Å². The third-order valence-electron chi connectivity index (χ3n) is 2.02. The van der Waals surface area contributed by atoms with Gasteiger partial charge in [0.25, 0.3) is 0 Å². The maximum atomic E-state index is 13.6. The van der Waals surface area contributed by atoms with Crippen LogP contribution in [-0.4, -0.2) is 21.3 Å². The first-order chi connectivity index (χ1) is 7.65. The number of rotatable bonds is 5. The summed E-state index contributed by atoms with van der Waals surface area (Å²) in [6.45, 7) is 0.329. The van der Waals surface area contributed by atoms with Crippen LogP contribution in [0.25, 0.3) is 0 Å². The molecule has 0 aromatic heterocycles. The number of hydrogen-bond donors (Lipinski definition) is 1. The van der Waals surface area contributed by atoms with E-state index in [1.807, 2.05) is 0 Å². The fourth-order valence-corrected chi connectivity index (χ4v) is 1.54. The van der Waals surface area contributed by atoms with Crippen LogP contribution in [0.3, 0.4) is 0 Å². The number of nitrogens with one attached hydrogen (secondary N) is 1. The highest BCUT2D eigenvalue weighted by atomic mass is 35.5. The molecule has 0 amide bonds. The summed E-state index contributed by atoms with van der Waals surface area (Å²) in [4.78, 5) is 4.71. The molecule has 0 saturated heterocycles. The van der Waals surface area contributed by atoms with Gasteiger partial charge in [-0.25, -0.2) is 4.39 Å². The number of hydroxylamine groups is 1. The van der Waals surface area contributed by atoms with Gasteiger partial charge in [-0.2, -0.15) is 5.48 Å². The first-order valence-corrected chi connectivity index (χ1v) is 4.88. The van der Waals surface area contributed by atoms with Crippen LogP contribution in [-0.2, 0) is 11.4 Å². The molecule has 0 saturated carbocycles. The molecule has 1 N–H and O–H groups in total. The Morgan fingerprint density at radius 1 is 1.25 bits per heavy atom. The van der Waals surface area contributed by atoms with Gasteiger partial charge in [0.15, 0.2) is 17.3 Å². The highest BCUT2D eigenvalue weighted by Crippen LogP contribution is 2.37. The van der Waals surface area contributed by atoms with Gasteiger partial charge in [0.2, 0.25) is 0 Å². The van der Waals surface area contributed by atoms with Crippen molar-refractivity contribution in [1.82, 2.24) is 5.48 Å². The lowest BCUT2D eigenvalue weighted by Crippen LogP contribution is -2.12. The Balaban J connectivity index is 3.20. The normalized spacial score (nSPS) is 10.3. The summed E-state index contributed by atoms with van der Waals surface area (Å²) in [6, 6.07) is 1.46. The Labute approximate surface area is 98.2 Å². The zero-order valence-electron chi connectivity index (χ0n) is 9.27. The highest BCUT2D eigenvalue weighted by molar-refractivity contribution is 6.31. The first-order valence-electron chi connectivity index (χ1n) is 4.50. The lowest BCUT2D eigenvalue weighted by molar-refractivity contribution is 0.0860. The van der Waals surface area contributed by atoms with Gasteiger partial charge in [0.05, 0.1) is 26.4 Å².